The van der Waals surface area contributed by atoms with Crippen molar-refractivity contribution in [2.75, 3.05) is 0 Å². The number of rotatable bonds is 4. The first-order chi connectivity index (χ1) is 9.79. The SMILES string of the molecule is Cc1nc(C)c(C(C)NC(=O)c2cc(Br)cn2C(C)C)s1. The first kappa shape index (κ1) is 16.2. The van der Waals surface area contributed by atoms with E-state index in [-0.39, 0.29) is 18.0 Å². The Bertz CT molecular complexity index is 660. The van der Waals surface area contributed by atoms with Gasteiger partial charge in [-0.1, -0.05) is 0 Å². The molecule has 0 aliphatic heterocycles. The van der Waals surface area contributed by atoms with Crippen LogP contribution in [0.15, 0.2) is 16.7 Å². The van der Waals surface area contributed by atoms with Crippen LogP contribution in [0.1, 0.15) is 58.9 Å². The molecule has 2 heterocycles. The molecule has 1 amide bonds. The maximum absolute atomic E-state index is 12.5. The van der Waals surface area contributed by atoms with Crippen molar-refractivity contribution in [2.24, 2.45) is 0 Å². The van der Waals surface area contributed by atoms with Gasteiger partial charge in [-0.25, -0.2) is 4.98 Å². The molecule has 2 rings (SSSR count). The molecule has 0 spiro atoms. The summed E-state index contributed by atoms with van der Waals surface area (Å²) >= 11 is 5.07. The smallest absolute Gasteiger partial charge is 0.268 e. The molecule has 6 heteroatoms. The molecule has 0 radical (unpaired) electrons. The van der Waals surface area contributed by atoms with Crippen LogP contribution in [-0.2, 0) is 0 Å². The number of aromatic nitrogens is 2. The minimum absolute atomic E-state index is 0.0435. The number of carbonyl (C=O) groups excluding carboxylic acids is 1. The van der Waals surface area contributed by atoms with E-state index in [1.54, 1.807) is 11.3 Å². The van der Waals surface area contributed by atoms with E-state index in [1.165, 1.54) is 0 Å². The third kappa shape index (κ3) is 3.55. The molecule has 0 fully saturated rings. The minimum Gasteiger partial charge on any atom is -0.343 e. The number of carbonyl (C=O) groups is 1. The standard InChI is InChI=1S/C15H20BrN3OS/c1-8(2)19-7-12(16)6-13(19)15(20)18-10(4)14-9(3)17-11(5)21-14/h6-8,10H,1-5H3,(H,18,20). The van der Waals surface area contributed by atoms with Gasteiger partial charge in [-0.3, -0.25) is 4.79 Å². The molecule has 4 nitrogen and oxygen atoms in total. The monoisotopic (exact) mass is 369 g/mol. The van der Waals surface area contributed by atoms with Crippen LogP contribution < -0.4 is 5.32 Å². The lowest BCUT2D eigenvalue weighted by Gasteiger charge is -2.16. The van der Waals surface area contributed by atoms with Gasteiger partial charge in [0, 0.05) is 21.6 Å². The number of nitrogens with one attached hydrogen (secondary N) is 1. The van der Waals surface area contributed by atoms with Gasteiger partial charge in [0.15, 0.2) is 0 Å². The quantitative estimate of drug-likeness (QED) is 0.867. The van der Waals surface area contributed by atoms with Crippen molar-refractivity contribution in [1.29, 1.82) is 0 Å². The molecule has 114 valence electrons. The Morgan fingerprint density at radius 2 is 2.05 bits per heavy atom. The number of nitrogens with zero attached hydrogens (tertiary/aromatic N) is 2. The molecular formula is C15H20BrN3OS. The molecule has 1 N–H and O–H groups in total. The summed E-state index contributed by atoms with van der Waals surface area (Å²) in [5.74, 6) is -0.0626. The highest BCUT2D eigenvalue weighted by molar-refractivity contribution is 9.10. The average molecular weight is 370 g/mol. The second-order valence-electron chi connectivity index (χ2n) is 5.42. The van der Waals surface area contributed by atoms with Crippen molar-refractivity contribution in [3.8, 4) is 0 Å². The number of amides is 1. The molecule has 1 unspecified atom stereocenters. The van der Waals surface area contributed by atoms with Crippen LogP contribution in [0.4, 0.5) is 0 Å². The van der Waals surface area contributed by atoms with Crippen molar-refractivity contribution in [1.82, 2.24) is 14.9 Å². The summed E-state index contributed by atoms with van der Waals surface area (Å²) in [4.78, 5) is 18.0. The zero-order valence-corrected chi connectivity index (χ0v) is 15.3. The Morgan fingerprint density at radius 3 is 2.57 bits per heavy atom. The zero-order valence-electron chi connectivity index (χ0n) is 12.9. The number of aryl methyl sites for hydroxylation is 2. The van der Waals surface area contributed by atoms with Gasteiger partial charge in [0.1, 0.15) is 5.69 Å². The predicted octanol–water partition coefficient (Wildman–Crippen LogP) is 4.40. The zero-order chi connectivity index (χ0) is 15.7. The van der Waals surface area contributed by atoms with Crippen molar-refractivity contribution in [2.45, 2.75) is 46.7 Å². The number of thiazole rings is 1. The first-order valence-electron chi connectivity index (χ1n) is 6.91. The highest BCUT2D eigenvalue weighted by Crippen LogP contribution is 2.25. The van der Waals surface area contributed by atoms with E-state index in [2.05, 4.69) is 40.1 Å². The number of hydrogen-bond acceptors (Lipinski definition) is 3. The lowest BCUT2D eigenvalue weighted by atomic mass is 10.2. The molecule has 2 aromatic rings. The summed E-state index contributed by atoms with van der Waals surface area (Å²) in [7, 11) is 0. The second-order valence-corrected chi connectivity index (χ2v) is 7.57. The highest BCUT2D eigenvalue weighted by atomic mass is 79.9. The topological polar surface area (TPSA) is 46.9 Å². The number of halogens is 1. The van der Waals surface area contributed by atoms with Crippen molar-refractivity contribution in [3.63, 3.8) is 0 Å². The molecule has 1 atom stereocenters. The van der Waals surface area contributed by atoms with Crippen molar-refractivity contribution < 1.29 is 4.79 Å². The average Bonchev–Trinajstić information content (AvgIpc) is 2.92. The maximum atomic E-state index is 12.5. The van der Waals surface area contributed by atoms with E-state index in [4.69, 9.17) is 0 Å². The molecule has 0 aliphatic rings. The molecular weight excluding hydrogens is 350 g/mol. The Kier molecular flexibility index (Phi) is 4.88. The summed E-state index contributed by atoms with van der Waals surface area (Å²) in [6.07, 6.45) is 1.94. The van der Waals surface area contributed by atoms with Crippen LogP contribution in [0.2, 0.25) is 0 Å². The fourth-order valence-corrected chi connectivity index (χ4v) is 3.71. The first-order valence-corrected chi connectivity index (χ1v) is 8.52. The second kappa shape index (κ2) is 6.32. The van der Waals surface area contributed by atoms with Crippen LogP contribution >= 0.6 is 27.3 Å². The maximum Gasteiger partial charge on any atom is 0.268 e. The molecule has 2 aromatic heterocycles. The van der Waals surface area contributed by atoms with Gasteiger partial charge in [-0.15, -0.1) is 11.3 Å². The van der Waals surface area contributed by atoms with E-state index < -0.39 is 0 Å². The lowest BCUT2D eigenvalue weighted by Crippen LogP contribution is -2.28. The third-order valence-corrected chi connectivity index (χ3v) is 4.97. The lowest BCUT2D eigenvalue weighted by molar-refractivity contribution is 0.0929. The third-order valence-electron chi connectivity index (χ3n) is 3.28. The molecule has 0 bridgehead atoms. The van der Waals surface area contributed by atoms with Crippen LogP contribution in [0, 0.1) is 13.8 Å². The Labute approximate surface area is 137 Å². The Balaban J connectivity index is 2.20. The summed E-state index contributed by atoms with van der Waals surface area (Å²) in [5.41, 5.74) is 1.66. The minimum atomic E-state index is -0.0626. The largest absolute Gasteiger partial charge is 0.343 e. The van der Waals surface area contributed by atoms with Gasteiger partial charge in [-0.05, 0) is 56.6 Å². The molecule has 0 aromatic carbocycles. The molecule has 21 heavy (non-hydrogen) atoms. The van der Waals surface area contributed by atoms with Crippen LogP contribution in [0.25, 0.3) is 0 Å². The predicted molar refractivity (Wildman–Crippen MR) is 90.0 cm³/mol. The molecule has 0 saturated carbocycles. The van der Waals surface area contributed by atoms with Gasteiger partial charge >= 0.3 is 0 Å². The molecule has 0 saturated heterocycles. The summed E-state index contributed by atoms with van der Waals surface area (Å²) in [6.45, 7) is 10.1. The summed E-state index contributed by atoms with van der Waals surface area (Å²) in [6, 6.07) is 2.05. The summed E-state index contributed by atoms with van der Waals surface area (Å²) < 4.78 is 2.88. The van der Waals surface area contributed by atoms with Gasteiger partial charge in [-0.2, -0.15) is 0 Å². The highest BCUT2D eigenvalue weighted by Gasteiger charge is 2.19. The van der Waals surface area contributed by atoms with Gasteiger partial charge in [0.05, 0.1) is 16.7 Å². The van der Waals surface area contributed by atoms with Gasteiger partial charge < -0.3 is 9.88 Å². The van der Waals surface area contributed by atoms with E-state index in [9.17, 15) is 4.79 Å². The Morgan fingerprint density at radius 1 is 1.38 bits per heavy atom. The van der Waals surface area contributed by atoms with Gasteiger partial charge in [0.2, 0.25) is 0 Å². The van der Waals surface area contributed by atoms with Crippen LogP contribution in [-0.4, -0.2) is 15.5 Å². The fourth-order valence-electron chi connectivity index (χ4n) is 2.34. The van der Waals surface area contributed by atoms with Crippen LogP contribution in [0.3, 0.4) is 0 Å². The van der Waals surface area contributed by atoms with E-state index >= 15 is 0 Å². The van der Waals surface area contributed by atoms with Crippen LogP contribution in [0.5, 0.6) is 0 Å². The Hall–Kier alpha value is -1.14. The number of hydrogen-bond donors (Lipinski definition) is 1. The van der Waals surface area contributed by atoms with Crippen molar-refractivity contribution in [3.05, 3.63) is 38.0 Å². The van der Waals surface area contributed by atoms with E-state index in [0.717, 1.165) is 20.1 Å². The molecule has 0 aliphatic carbocycles. The summed E-state index contributed by atoms with van der Waals surface area (Å²) in [5, 5.41) is 4.09. The fraction of sp³-hybridized carbons (Fsp3) is 0.467. The van der Waals surface area contributed by atoms with E-state index in [1.807, 2.05) is 37.6 Å². The van der Waals surface area contributed by atoms with Crippen molar-refractivity contribution >= 4 is 33.2 Å². The van der Waals surface area contributed by atoms with E-state index in [0.29, 0.717) is 5.69 Å². The van der Waals surface area contributed by atoms with Gasteiger partial charge in [0.25, 0.3) is 5.91 Å². The normalized spacial score (nSPS) is 12.7.